The summed E-state index contributed by atoms with van der Waals surface area (Å²) >= 11 is 1.39. The number of ether oxygens (including phenoxy) is 1. The lowest BCUT2D eigenvalue weighted by atomic mass is 10.1. The number of pyridine rings is 1. The summed E-state index contributed by atoms with van der Waals surface area (Å²) < 4.78 is 5.14. The van der Waals surface area contributed by atoms with Crippen LogP contribution in [-0.4, -0.2) is 35.2 Å². The van der Waals surface area contributed by atoms with Gasteiger partial charge in [-0.3, -0.25) is 0 Å². The van der Waals surface area contributed by atoms with Gasteiger partial charge in [0, 0.05) is 18.1 Å². The third-order valence-corrected chi connectivity index (χ3v) is 3.47. The first kappa shape index (κ1) is 15.0. The van der Waals surface area contributed by atoms with Crippen molar-refractivity contribution in [2.24, 2.45) is 0 Å². The molecule has 5 heteroatoms. The maximum atomic E-state index is 9.69. The van der Waals surface area contributed by atoms with E-state index in [1.54, 1.807) is 0 Å². The average Bonchev–Trinajstić information content (AvgIpc) is 2.33. The standard InChI is InChI=1S/C13H18N2O2S/c1-4-17-7-11(16)8-18-13-12(6-14)9(2)5-10(3)15-13/h5,11,16H,4,7-8H2,1-3H3. The van der Waals surface area contributed by atoms with Crippen LogP contribution in [0.4, 0.5) is 0 Å². The summed E-state index contributed by atoms with van der Waals surface area (Å²) in [6, 6.07) is 4.05. The summed E-state index contributed by atoms with van der Waals surface area (Å²) in [6.45, 7) is 6.59. The van der Waals surface area contributed by atoms with E-state index in [2.05, 4.69) is 11.1 Å². The van der Waals surface area contributed by atoms with Gasteiger partial charge in [-0.15, -0.1) is 11.8 Å². The van der Waals surface area contributed by atoms with Gasteiger partial charge in [0.25, 0.3) is 0 Å². The van der Waals surface area contributed by atoms with Crippen molar-refractivity contribution in [3.05, 3.63) is 22.9 Å². The number of rotatable bonds is 6. The van der Waals surface area contributed by atoms with Crippen LogP contribution in [0.2, 0.25) is 0 Å². The van der Waals surface area contributed by atoms with Crippen molar-refractivity contribution in [3.63, 3.8) is 0 Å². The molecule has 0 spiro atoms. The minimum atomic E-state index is -0.538. The Morgan fingerprint density at radius 2 is 2.28 bits per heavy atom. The van der Waals surface area contributed by atoms with Gasteiger partial charge in [-0.25, -0.2) is 4.98 Å². The summed E-state index contributed by atoms with van der Waals surface area (Å²) in [6.07, 6.45) is -0.538. The molecule has 1 heterocycles. The first-order valence-corrected chi connectivity index (χ1v) is 6.84. The maximum absolute atomic E-state index is 9.69. The number of thioether (sulfide) groups is 1. The van der Waals surface area contributed by atoms with Crippen molar-refractivity contribution in [3.8, 4) is 6.07 Å². The van der Waals surface area contributed by atoms with Crippen LogP contribution in [0.15, 0.2) is 11.1 Å². The fraction of sp³-hybridized carbons (Fsp3) is 0.538. The first-order valence-electron chi connectivity index (χ1n) is 5.85. The van der Waals surface area contributed by atoms with E-state index in [0.717, 1.165) is 11.3 Å². The smallest absolute Gasteiger partial charge is 0.114 e. The Balaban J connectivity index is 2.70. The highest BCUT2D eigenvalue weighted by atomic mass is 32.2. The zero-order valence-electron chi connectivity index (χ0n) is 10.9. The normalized spacial score (nSPS) is 12.2. The van der Waals surface area contributed by atoms with Gasteiger partial charge >= 0.3 is 0 Å². The fourth-order valence-corrected chi connectivity index (χ4v) is 2.53. The van der Waals surface area contributed by atoms with Crippen LogP contribution in [0, 0.1) is 25.2 Å². The monoisotopic (exact) mass is 266 g/mol. The summed E-state index contributed by atoms with van der Waals surface area (Å²) in [7, 11) is 0. The molecule has 0 fully saturated rings. The molecule has 1 aromatic rings. The van der Waals surface area contributed by atoms with Gasteiger partial charge in [-0.05, 0) is 32.4 Å². The van der Waals surface area contributed by atoms with E-state index < -0.39 is 6.10 Å². The number of aromatic nitrogens is 1. The van der Waals surface area contributed by atoms with E-state index in [1.807, 2.05) is 26.8 Å². The lowest BCUT2D eigenvalue weighted by Gasteiger charge is -2.11. The molecule has 0 saturated heterocycles. The molecule has 0 amide bonds. The van der Waals surface area contributed by atoms with Crippen LogP contribution in [0.1, 0.15) is 23.7 Å². The zero-order valence-corrected chi connectivity index (χ0v) is 11.8. The highest BCUT2D eigenvalue weighted by Gasteiger charge is 2.12. The quantitative estimate of drug-likeness (QED) is 0.798. The van der Waals surface area contributed by atoms with Crippen LogP contribution >= 0.6 is 11.8 Å². The molecule has 0 aliphatic carbocycles. The molecule has 0 radical (unpaired) electrons. The molecule has 1 unspecified atom stereocenters. The van der Waals surface area contributed by atoms with Crippen molar-refractivity contribution < 1.29 is 9.84 Å². The van der Waals surface area contributed by atoms with Gasteiger partial charge in [0.15, 0.2) is 0 Å². The Bertz CT molecular complexity index is 443. The molecule has 1 aromatic heterocycles. The molecule has 0 saturated carbocycles. The molecule has 1 atom stereocenters. The molecular weight excluding hydrogens is 248 g/mol. The molecule has 0 aliphatic rings. The second-order valence-electron chi connectivity index (χ2n) is 4.00. The molecule has 0 aromatic carbocycles. The number of hydrogen-bond acceptors (Lipinski definition) is 5. The third kappa shape index (κ3) is 4.30. The minimum Gasteiger partial charge on any atom is -0.390 e. The summed E-state index contributed by atoms with van der Waals surface area (Å²) in [5, 5.41) is 19.5. The molecule has 0 bridgehead atoms. The van der Waals surface area contributed by atoms with Gasteiger partial charge in [-0.1, -0.05) is 0 Å². The topological polar surface area (TPSA) is 66.1 Å². The van der Waals surface area contributed by atoms with E-state index in [-0.39, 0.29) is 0 Å². The molecule has 1 N–H and O–H groups in total. The molecular formula is C13H18N2O2S. The Morgan fingerprint density at radius 1 is 1.56 bits per heavy atom. The van der Waals surface area contributed by atoms with Crippen LogP contribution in [-0.2, 0) is 4.74 Å². The zero-order chi connectivity index (χ0) is 13.5. The van der Waals surface area contributed by atoms with E-state index in [1.165, 1.54) is 11.8 Å². The first-order chi connectivity index (χ1) is 8.58. The molecule has 18 heavy (non-hydrogen) atoms. The Morgan fingerprint density at radius 3 is 2.89 bits per heavy atom. The Hall–Kier alpha value is -1.09. The average molecular weight is 266 g/mol. The summed E-state index contributed by atoms with van der Waals surface area (Å²) in [4.78, 5) is 4.35. The van der Waals surface area contributed by atoms with E-state index in [0.29, 0.717) is 29.6 Å². The van der Waals surface area contributed by atoms with Crippen molar-refractivity contribution in [1.29, 1.82) is 5.26 Å². The molecule has 98 valence electrons. The predicted molar refractivity (Wildman–Crippen MR) is 71.6 cm³/mol. The number of aryl methyl sites for hydroxylation is 2. The number of hydrogen-bond donors (Lipinski definition) is 1. The number of nitriles is 1. The van der Waals surface area contributed by atoms with Crippen LogP contribution < -0.4 is 0 Å². The second-order valence-corrected chi connectivity index (χ2v) is 5.01. The van der Waals surface area contributed by atoms with Crippen LogP contribution in [0.5, 0.6) is 0 Å². The van der Waals surface area contributed by atoms with Crippen molar-refractivity contribution >= 4 is 11.8 Å². The van der Waals surface area contributed by atoms with E-state index in [9.17, 15) is 5.11 Å². The minimum absolute atomic E-state index is 0.316. The maximum Gasteiger partial charge on any atom is 0.114 e. The van der Waals surface area contributed by atoms with Crippen molar-refractivity contribution in [2.75, 3.05) is 19.0 Å². The van der Waals surface area contributed by atoms with E-state index >= 15 is 0 Å². The second kappa shape index (κ2) is 7.37. The Labute approximate surface area is 112 Å². The lowest BCUT2D eigenvalue weighted by Crippen LogP contribution is -2.18. The highest BCUT2D eigenvalue weighted by molar-refractivity contribution is 7.99. The lowest BCUT2D eigenvalue weighted by molar-refractivity contribution is 0.0551. The van der Waals surface area contributed by atoms with Gasteiger partial charge in [-0.2, -0.15) is 5.26 Å². The SMILES string of the molecule is CCOCC(O)CSc1nc(C)cc(C)c1C#N. The predicted octanol–water partition coefficient (Wildman–Crippen LogP) is 2.06. The fourth-order valence-electron chi connectivity index (χ4n) is 1.52. The Kier molecular flexibility index (Phi) is 6.13. The van der Waals surface area contributed by atoms with Gasteiger partial charge in [0.2, 0.25) is 0 Å². The molecule has 4 nitrogen and oxygen atoms in total. The van der Waals surface area contributed by atoms with Crippen LogP contribution in [0.25, 0.3) is 0 Å². The molecule has 1 rings (SSSR count). The number of aliphatic hydroxyl groups is 1. The number of nitrogens with zero attached hydrogens (tertiary/aromatic N) is 2. The summed E-state index contributed by atoms with van der Waals surface area (Å²) in [5.74, 6) is 0.477. The van der Waals surface area contributed by atoms with Gasteiger partial charge in [0.1, 0.15) is 11.1 Å². The highest BCUT2D eigenvalue weighted by Crippen LogP contribution is 2.24. The third-order valence-electron chi connectivity index (χ3n) is 2.35. The van der Waals surface area contributed by atoms with Crippen molar-refractivity contribution in [1.82, 2.24) is 4.98 Å². The van der Waals surface area contributed by atoms with Crippen LogP contribution in [0.3, 0.4) is 0 Å². The largest absolute Gasteiger partial charge is 0.390 e. The molecule has 0 aliphatic heterocycles. The van der Waals surface area contributed by atoms with E-state index in [4.69, 9.17) is 10.00 Å². The van der Waals surface area contributed by atoms with Crippen molar-refractivity contribution in [2.45, 2.75) is 31.9 Å². The summed E-state index contributed by atoms with van der Waals surface area (Å²) in [5.41, 5.74) is 2.40. The van der Waals surface area contributed by atoms with Gasteiger partial charge in [0.05, 0.1) is 18.3 Å². The number of aliphatic hydroxyl groups excluding tert-OH is 1. The van der Waals surface area contributed by atoms with Gasteiger partial charge < -0.3 is 9.84 Å².